The van der Waals surface area contributed by atoms with Gasteiger partial charge in [-0.1, -0.05) is 13.3 Å². The minimum atomic E-state index is -0.904. The van der Waals surface area contributed by atoms with Gasteiger partial charge in [-0.3, -0.25) is 9.59 Å². The molecule has 0 atom stereocenters. The first-order valence-corrected chi connectivity index (χ1v) is 6.04. The standard InChI is InChI=1S/C11H15NO3S/c1-2-3-8-4-5-9(16-8)11(15)12-7-6-10(13)14/h4-5H,2-3,6-7H2,1H3,(H,12,15)(H,13,14). The van der Waals surface area contributed by atoms with Gasteiger partial charge in [0.2, 0.25) is 0 Å². The van der Waals surface area contributed by atoms with E-state index in [9.17, 15) is 9.59 Å². The molecule has 0 radical (unpaired) electrons. The summed E-state index contributed by atoms with van der Waals surface area (Å²) in [7, 11) is 0. The van der Waals surface area contributed by atoms with Gasteiger partial charge in [0.15, 0.2) is 0 Å². The fourth-order valence-corrected chi connectivity index (χ4v) is 2.28. The van der Waals surface area contributed by atoms with Crippen LogP contribution in [0.1, 0.15) is 34.3 Å². The Balaban J connectivity index is 2.43. The first-order valence-electron chi connectivity index (χ1n) is 5.22. The predicted molar refractivity (Wildman–Crippen MR) is 62.9 cm³/mol. The lowest BCUT2D eigenvalue weighted by Gasteiger charge is -2.00. The van der Waals surface area contributed by atoms with Crippen LogP contribution >= 0.6 is 11.3 Å². The molecule has 1 rings (SSSR count). The fourth-order valence-electron chi connectivity index (χ4n) is 1.25. The van der Waals surface area contributed by atoms with Gasteiger partial charge in [-0.25, -0.2) is 0 Å². The van der Waals surface area contributed by atoms with Gasteiger partial charge in [0.05, 0.1) is 11.3 Å². The highest BCUT2D eigenvalue weighted by molar-refractivity contribution is 7.14. The monoisotopic (exact) mass is 241 g/mol. The van der Waals surface area contributed by atoms with Crippen molar-refractivity contribution < 1.29 is 14.7 Å². The van der Waals surface area contributed by atoms with E-state index >= 15 is 0 Å². The Morgan fingerprint density at radius 2 is 2.19 bits per heavy atom. The Morgan fingerprint density at radius 1 is 1.44 bits per heavy atom. The third kappa shape index (κ3) is 4.02. The van der Waals surface area contributed by atoms with E-state index in [4.69, 9.17) is 5.11 Å². The molecular weight excluding hydrogens is 226 g/mol. The molecule has 2 N–H and O–H groups in total. The molecule has 0 fully saturated rings. The van der Waals surface area contributed by atoms with Gasteiger partial charge in [0, 0.05) is 11.4 Å². The average Bonchev–Trinajstić information content (AvgIpc) is 2.66. The van der Waals surface area contributed by atoms with E-state index in [1.165, 1.54) is 16.2 Å². The molecule has 1 aromatic rings. The maximum Gasteiger partial charge on any atom is 0.305 e. The molecule has 88 valence electrons. The lowest BCUT2D eigenvalue weighted by molar-refractivity contribution is -0.136. The van der Waals surface area contributed by atoms with Crippen LogP contribution in [0.2, 0.25) is 0 Å². The summed E-state index contributed by atoms with van der Waals surface area (Å²) in [4.78, 5) is 23.6. The first kappa shape index (κ1) is 12.7. The third-order valence-electron chi connectivity index (χ3n) is 2.01. The van der Waals surface area contributed by atoms with Crippen LogP contribution < -0.4 is 5.32 Å². The number of carboxylic acids is 1. The van der Waals surface area contributed by atoms with E-state index in [2.05, 4.69) is 12.2 Å². The molecule has 5 heteroatoms. The molecule has 16 heavy (non-hydrogen) atoms. The van der Waals surface area contributed by atoms with Crippen molar-refractivity contribution >= 4 is 23.2 Å². The van der Waals surface area contributed by atoms with Crippen LogP contribution in [0.15, 0.2) is 12.1 Å². The first-order chi connectivity index (χ1) is 7.63. The molecule has 0 aliphatic carbocycles. The Bertz CT molecular complexity index is 373. The lowest BCUT2D eigenvalue weighted by atomic mass is 10.3. The van der Waals surface area contributed by atoms with Crippen LogP contribution in [0, 0.1) is 0 Å². The number of nitrogens with one attached hydrogen (secondary N) is 1. The normalized spacial score (nSPS) is 10.1. The Hall–Kier alpha value is -1.36. The zero-order chi connectivity index (χ0) is 12.0. The molecule has 0 aromatic carbocycles. The van der Waals surface area contributed by atoms with E-state index in [0.717, 1.165) is 12.8 Å². The minimum absolute atomic E-state index is 0.0427. The number of hydrogen-bond acceptors (Lipinski definition) is 3. The van der Waals surface area contributed by atoms with Gasteiger partial charge >= 0.3 is 5.97 Å². The Kier molecular flexibility index (Phi) is 4.98. The number of amides is 1. The van der Waals surface area contributed by atoms with Gasteiger partial charge in [0.1, 0.15) is 0 Å². The molecule has 4 nitrogen and oxygen atoms in total. The molecule has 0 saturated carbocycles. The van der Waals surface area contributed by atoms with E-state index in [1.807, 2.05) is 6.07 Å². The van der Waals surface area contributed by atoms with Crippen LogP contribution in [-0.2, 0) is 11.2 Å². The highest BCUT2D eigenvalue weighted by atomic mass is 32.1. The van der Waals surface area contributed by atoms with E-state index in [0.29, 0.717) is 4.88 Å². The van der Waals surface area contributed by atoms with Crippen molar-refractivity contribution in [2.45, 2.75) is 26.2 Å². The molecule has 0 spiro atoms. The zero-order valence-electron chi connectivity index (χ0n) is 9.16. The van der Waals surface area contributed by atoms with Gasteiger partial charge in [-0.2, -0.15) is 0 Å². The molecule has 0 bridgehead atoms. The van der Waals surface area contributed by atoms with Gasteiger partial charge in [0.25, 0.3) is 5.91 Å². The second kappa shape index (κ2) is 6.27. The minimum Gasteiger partial charge on any atom is -0.481 e. The summed E-state index contributed by atoms with van der Waals surface area (Å²) in [6.07, 6.45) is 1.99. The van der Waals surface area contributed by atoms with Crippen LogP contribution in [-0.4, -0.2) is 23.5 Å². The maximum atomic E-state index is 11.6. The quantitative estimate of drug-likeness (QED) is 0.799. The average molecular weight is 241 g/mol. The van der Waals surface area contributed by atoms with Gasteiger partial charge in [-0.15, -0.1) is 11.3 Å². The fraction of sp³-hybridized carbons (Fsp3) is 0.455. The second-order valence-corrected chi connectivity index (χ2v) is 4.58. The van der Waals surface area contributed by atoms with Crippen molar-refractivity contribution in [3.63, 3.8) is 0 Å². The Labute approximate surface area is 98.3 Å². The second-order valence-electron chi connectivity index (χ2n) is 3.42. The number of aliphatic carboxylic acids is 1. The van der Waals surface area contributed by atoms with Crippen LogP contribution in [0.5, 0.6) is 0 Å². The van der Waals surface area contributed by atoms with Crippen LogP contribution in [0.4, 0.5) is 0 Å². The summed E-state index contributed by atoms with van der Waals surface area (Å²) in [5.74, 6) is -1.09. The van der Waals surface area contributed by atoms with Crippen molar-refractivity contribution in [2.24, 2.45) is 0 Å². The molecule has 0 saturated heterocycles. The van der Waals surface area contributed by atoms with Crippen molar-refractivity contribution in [3.8, 4) is 0 Å². The van der Waals surface area contributed by atoms with Crippen molar-refractivity contribution in [1.29, 1.82) is 0 Å². The molecule has 0 aliphatic rings. The largest absolute Gasteiger partial charge is 0.481 e. The van der Waals surface area contributed by atoms with Gasteiger partial charge < -0.3 is 10.4 Å². The van der Waals surface area contributed by atoms with Crippen LogP contribution in [0.3, 0.4) is 0 Å². The SMILES string of the molecule is CCCc1ccc(C(=O)NCCC(=O)O)s1. The van der Waals surface area contributed by atoms with Gasteiger partial charge in [-0.05, 0) is 18.6 Å². The van der Waals surface area contributed by atoms with Crippen molar-refractivity contribution in [3.05, 3.63) is 21.9 Å². The molecule has 1 amide bonds. The number of carbonyl (C=O) groups is 2. The smallest absolute Gasteiger partial charge is 0.305 e. The number of carbonyl (C=O) groups excluding carboxylic acids is 1. The van der Waals surface area contributed by atoms with E-state index < -0.39 is 5.97 Å². The lowest BCUT2D eigenvalue weighted by Crippen LogP contribution is -2.25. The van der Waals surface area contributed by atoms with Crippen LogP contribution in [0.25, 0.3) is 0 Å². The summed E-state index contributed by atoms with van der Waals surface area (Å²) in [5, 5.41) is 11.0. The molecule has 1 heterocycles. The third-order valence-corrected chi connectivity index (χ3v) is 3.15. The summed E-state index contributed by atoms with van der Waals surface area (Å²) < 4.78 is 0. The molecule has 1 aromatic heterocycles. The number of rotatable bonds is 6. The summed E-state index contributed by atoms with van der Waals surface area (Å²) in [6.45, 7) is 2.27. The summed E-state index contributed by atoms with van der Waals surface area (Å²) >= 11 is 1.46. The Morgan fingerprint density at radius 3 is 2.81 bits per heavy atom. The number of thiophene rings is 1. The molecule has 0 unspecified atom stereocenters. The molecular formula is C11H15NO3S. The van der Waals surface area contributed by atoms with E-state index in [1.54, 1.807) is 6.07 Å². The predicted octanol–water partition coefficient (Wildman–Crippen LogP) is 1.91. The maximum absolute atomic E-state index is 11.6. The highest BCUT2D eigenvalue weighted by Crippen LogP contribution is 2.17. The highest BCUT2D eigenvalue weighted by Gasteiger charge is 2.08. The molecule has 0 aliphatic heterocycles. The number of carboxylic acid groups (broad SMARTS) is 1. The number of hydrogen-bond donors (Lipinski definition) is 2. The topological polar surface area (TPSA) is 66.4 Å². The van der Waals surface area contributed by atoms with Crippen molar-refractivity contribution in [1.82, 2.24) is 5.32 Å². The summed E-state index contributed by atoms with van der Waals surface area (Å²) in [5.41, 5.74) is 0. The van der Waals surface area contributed by atoms with Crippen molar-refractivity contribution in [2.75, 3.05) is 6.54 Å². The summed E-state index contributed by atoms with van der Waals surface area (Å²) in [6, 6.07) is 3.73. The zero-order valence-corrected chi connectivity index (χ0v) is 9.97. The van der Waals surface area contributed by atoms with E-state index in [-0.39, 0.29) is 18.9 Å². The number of aryl methyl sites for hydroxylation is 1.